The van der Waals surface area contributed by atoms with Crippen molar-refractivity contribution in [3.05, 3.63) is 53.1 Å². The lowest BCUT2D eigenvalue weighted by Crippen LogP contribution is -2.16. The van der Waals surface area contributed by atoms with Crippen LogP contribution in [0.4, 0.5) is 0 Å². The van der Waals surface area contributed by atoms with E-state index < -0.39 is 0 Å². The monoisotopic (exact) mass is 287 g/mol. The average Bonchev–Trinajstić information content (AvgIpc) is 3.29. The molecule has 1 fully saturated rings. The number of ether oxygens (including phenoxy) is 1. The maximum atomic E-state index is 6.10. The largest absolute Gasteiger partial charge is 0.497 e. The van der Waals surface area contributed by atoms with Gasteiger partial charge in [-0.1, -0.05) is 29.8 Å². The molecule has 0 saturated heterocycles. The van der Waals surface area contributed by atoms with Gasteiger partial charge in [-0.15, -0.1) is 0 Å². The fraction of sp³-hybridized carbons (Fsp3) is 0.294. The van der Waals surface area contributed by atoms with Gasteiger partial charge in [0.25, 0.3) is 0 Å². The summed E-state index contributed by atoms with van der Waals surface area (Å²) in [6.07, 6.45) is 2.58. The summed E-state index contributed by atoms with van der Waals surface area (Å²) in [4.78, 5) is 0. The summed E-state index contributed by atoms with van der Waals surface area (Å²) in [5.41, 5.74) is 3.60. The molecule has 0 bridgehead atoms. The Balaban J connectivity index is 1.94. The van der Waals surface area contributed by atoms with Crippen LogP contribution < -0.4 is 10.1 Å². The molecular formula is C17H18ClNO. The minimum absolute atomic E-state index is 0.688. The van der Waals surface area contributed by atoms with E-state index in [1.54, 1.807) is 7.11 Å². The lowest BCUT2D eigenvalue weighted by molar-refractivity contribution is 0.414. The van der Waals surface area contributed by atoms with Gasteiger partial charge in [0.2, 0.25) is 0 Å². The normalized spacial score (nSPS) is 14.3. The highest BCUT2D eigenvalue weighted by Gasteiger charge is 2.20. The van der Waals surface area contributed by atoms with Crippen LogP contribution >= 0.6 is 11.6 Å². The smallest absolute Gasteiger partial charge is 0.119 e. The number of rotatable bonds is 5. The van der Waals surface area contributed by atoms with Crippen molar-refractivity contribution < 1.29 is 4.74 Å². The van der Waals surface area contributed by atoms with E-state index >= 15 is 0 Å². The molecule has 1 N–H and O–H groups in total. The molecule has 1 saturated carbocycles. The van der Waals surface area contributed by atoms with Gasteiger partial charge in [0.05, 0.1) is 7.11 Å². The Kier molecular flexibility index (Phi) is 3.95. The first-order valence-corrected chi connectivity index (χ1v) is 7.30. The van der Waals surface area contributed by atoms with Crippen molar-refractivity contribution in [2.45, 2.75) is 25.4 Å². The summed E-state index contributed by atoms with van der Waals surface area (Å²) < 4.78 is 5.34. The topological polar surface area (TPSA) is 21.3 Å². The number of hydrogen-bond donors (Lipinski definition) is 1. The molecule has 0 aliphatic heterocycles. The lowest BCUT2D eigenvalue weighted by Gasteiger charge is -2.13. The molecule has 0 heterocycles. The minimum Gasteiger partial charge on any atom is -0.497 e. The van der Waals surface area contributed by atoms with Gasteiger partial charge in [-0.3, -0.25) is 0 Å². The highest BCUT2D eigenvalue weighted by atomic mass is 35.5. The van der Waals surface area contributed by atoms with E-state index in [1.807, 2.05) is 24.3 Å². The summed E-state index contributed by atoms with van der Waals surface area (Å²) in [7, 11) is 1.70. The minimum atomic E-state index is 0.688. The predicted octanol–water partition coefficient (Wildman–Crippen LogP) is 4.27. The van der Waals surface area contributed by atoms with Gasteiger partial charge in [-0.05, 0) is 53.8 Å². The second-order valence-electron chi connectivity index (χ2n) is 5.19. The van der Waals surface area contributed by atoms with E-state index in [0.29, 0.717) is 6.04 Å². The summed E-state index contributed by atoms with van der Waals surface area (Å²) in [6, 6.07) is 14.9. The number of nitrogens with one attached hydrogen (secondary N) is 1. The Morgan fingerprint density at radius 1 is 1.20 bits per heavy atom. The van der Waals surface area contributed by atoms with Crippen molar-refractivity contribution in [3.63, 3.8) is 0 Å². The van der Waals surface area contributed by atoms with Crippen LogP contribution in [0.3, 0.4) is 0 Å². The molecule has 104 valence electrons. The summed E-state index contributed by atoms with van der Waals surface area (Å²) in [5.74, 6) is 0.892. The lowest BCUT2D eigenvalue weighted by atomic mass is 9.99. The Morgan fingerprint density at radius 3 is 2.75 bits per heavy atom. The van der Waals surface area contributed by atoms with Crippen LogP contribution in [-0.2, 0) is 6.54 Å². The van der Waals surface area contributed by atoms with Crippen LogP contribution in [0, 0.1) is 0 Å². The number of methoxy groups -OCH3 is 1. The summed E-state index contributed by atoms with van der Waals surface area (Å²) >= 11 is 6.10. The van der Waals surface area contributed by atoms with Crippen molar-refractivity contribution >= 4 is 11.6 Å². The van der Waals surface area contributed by atoms with Gasteiger partial charge < -0.3 is 10.1 Å². The van der Waals surface area contributed by atoms with E-state index in [4.69, 9.17) is 16.3 Å². The van der Waals surface area contributed by atoms with Gasteiger partial charge in [-0.2, -0.15) is 0 Å². The van der Waals surface area contributed by atoms with Crippen LogP contribution in [0.25, 0.3) is 11.1 Å². The number of halogens is 1. The third-order valence-electron chi connectivity index (χ3n) is 3.61. The Morgan fingerprint density at radius 2 is 2.05 bits per heavy atom. The Hall–Kier alpha value is -1.51. The molecule has 0 aromatic heterocycles. The molecule has 0 spiro atoms. The van der Waals surface area contributed by atoms with Gasteiger partial charge in [0.15, 0.2) is 0 Å². The van der Waals surface area contributed by atoms with Crippen LogP contribution in [0.2, 0.25) is 5.02 Å². The molecule has 1 aliphatic carbocycles. The molecule has 0 unspecified atom stereocenters. The molecule has 0 atom stereocenters. The molecule has 3 rings (SSSR count). The van der Waals surface area contributed by atoms with Gasteiger partial charge in [-0.25, -0.2) is 0 Å². The van der Waals surface area contributed by atoms with Crippen LogP contribution in [0.15, 0.2) is 42.5 Å². The quantitative estimate of drug-likeness (QED) is 0.887. The Labute approximate surface area is 124 Å². The fourth-order valence-electron chi connectivity index (χ4n) is 2.32. The molecule has 0 radical (unpaired) electrons. The van der Waals surface area contributed by atoms with E-state index in [-0.39, 0.29) is 0 Å². The molecule has 0 amide bonds. The van der Waals surface area contributed by atoms with Crippen molar-refractivity contribution in [1.82, 2.24) is 5.32 Å². The highest BCUT2D eigenvalue weighted by Crippen LogP contribution is 2.30. The van der Waals surface area contributed by atoms with Gasteiger partial charge >= 0.3 is 0 Å². The maximum Gasteiger partial charge on any atom is 0.119 e. The third-order valence-corrected chi connectivity index (χ3v) is 3.84. The standard InChI is InChI=1S/C17H18ClNO/c1-20-16-7-8-17(12-3-2-4-14(18)9-12)13(10-16)11-19-15-5-6-15/h2-4,7-10,15,19H,5-6,11H2,1H3. The molecule has 20 heavy (non-hydrogen) atoms. The number of benzene rings is 2. The zero-order valence-electron chi connectivity index (χ0n) is 11.5. The van der Waals surface area contributed by atoms with Crippen molar-refractivity contribution in [2.75, 3.05) is 7.11 Å². The zero-order chi connectivity index (χ0) is 13.9. The first-order chi connectivity index (χ1) is 9.76. The summed E-state index contributed by atoms with van der Waals surface area (Å²) in [5, 5.41) is 4.32. The molecular weight excluding hydrogens is 270 g/mol. The molecule has 2 nitrogen and oxygen atoms in total. The number of hydrogen-bond acceptors (Lipinski definition) is 2. The van der Waals surface area contributed by atoms with E-state index in [0.717, 1.165) is 22.9 Å². The fourth-order valence-corrected chi connectivity index (χ4v) is 2.51. The Bertz CT molecular complexity index is 608. The van der Waals surface area contributed by atoms with Gasteiger partial charge in [0.1, 0.15) is 5.75 Å². The van der Waals surface area contributed by atoms with Crippen LogP contribution in [-0.4, -0.2) is 13.2 Å². The van der Waals surface area contributed by atoms with E-state index in [9.17, 15) is 0 Å². The average molecular weight is 288 g/mol. The predicted molar refractivity (Wildman–Crippen MR) is 83.3 cm³/mol. The van der Waals surface area contributed by atoms with Gasteiger partial charge in [0, 0.05) is 17.6 Å². The molecule has 2 aromatic carbocycles. The second-order valence-corrected chi connectivity index (χ2v) is 5.63. The van der Waals surface area contributed by atoms with Crippen molar-refractivity contribution in [2.24, 2.45) is 0 Å². The first-order valence-electron chi connectivity index (χ1n) is 6.92. The van der Waals surface area contributed by atoms with Crippen LogP contribution in [0.5, 0.6) is 5.75 Å². The van der Waals surface area contributed by atoms with E-state index in [1.165, 1.54) is 24.0 Å². The first kappa shape index (κ1) is 13.5. The third kappa shape index (κ3) is 3.14. The molecule has 3 heteroatoms. The van der Waals surface area contributed by atoms with Crippen molar-refractivity contribution in [1.29, 1.82) is 0 Å². The van der Waals surface area contributed by atoms with E-state index in [2.05, 4.69) is 23.5 Å². The summed E-state index contributed by atoms with van der Waals surface area (Å²) in [6.45, 7) is 0.865. The van der Waals surface area contributed by atoms with Crippen LogP contribution in [0.1, 0.15) is 18.4 Å². The highest BCUT2D eigenvalue weighted by molar-refractivity contribution is 6.30. The zero-order valence-corrected chi connectivity index (χ0v) is 12.3. The SMILES string of the molecule is COc1ccc(-c2cccc(Cl)c2)c(CNC2CC2)c1. The second kappa shape index (κ2) is 5.86. The molecule has 1 aliphatic rings. The molecule has 2 aromatic rings. The van der Waals surface area contributed by atoms with Crippen molar-refractivity contribution in [3.8, 4) is 16.9 Å². The maximum absolute atomic E-state index is 6.10.